The molecule has 1 aromatic rings. The maximum Gasteiger partial charge on any atom is 0.251 e. The Balaban J connectivity index is 2.37. The van der Waals surface area contributed by atoms with Gasteiger partial charge in [-0.25, -0.2) is 0 Å². The van der Waals surface area contributed by atoms with Crippen molar-refractivity contribution in [1.82, 2.24) is 10.2 Å². The van der Waals surface area contributed by atoms with Crippen LogP contribution in [0.25, 0.3) is 0 Å². The van der Waals surface area contributed by atoms with E-state index in [2.05, 4.69) is 5.32 Å². The molecule has 0 aliphatic rings. The van der Waals surface area contributed by atoms with Crippen LogP contribution in [0.4, 0.5) is 0 Å². The molecule has 0 radical (unpaired) electrons. The van der Waals surface area contributed by atoms with Gasteiger partial charge in [0.15, 0.2) is 0 Å². The molecule has 0 atom stereocenters. The van der Waals surface area contributed by atoms with Crippen LogP contribution in [-0.2, 0) is 4.79 Å². The second-order valence-electron chi connectivity index (χ2n) is 4.13. The third kappa shape index (κ3) is 4.57. The third-order valence-electron chi connectivity index (χ3n) is 2.64. The normalized spacial score (nSPS) is 9.89. The zero-order chi connectivity index (χ0) is 13.4. The maximum absolute atomic E-state index is 11.7. The number of nitrogens with one attached hydrogen (secondary N) is 1. The molecule has 0 fully saturated rings. The van der Waals surface area contributed by atoms with Crippen LogP contribution in [0, 0.1) is 0 Å². The van der Waals surface area contributed by atoms with Crippen LogP contribution < -0.4 is 5.32 Å². The summed E-state index contributed by atoms with van der Waals surface area (Å²) in [4.78, 5) is 24.8. The minimum absolute atomic E-state index is 0.0470. The van der Waals surface area contributed by atoms with Gasteiger partial charge in [0.25, 0.3) is 5.91 Å². The standard InChI is InChI=1S/C14H20N2O2/c1-3-10-16(12(2)17)11-9-15-14(18)13-7-5-4-6-8-13/h4-8H,3,9-11H2,1-2H3,(H,15,18). The number of carbonyl (C=O) groups is 2. The number of nitrogens with zero attached hydrogens (tertiary/aromatic N) is 1. The fraction of sp³-hybridized carbons (Fsp3) is 0.429. The second kappa shape index (κ2) is 7.48. The first-order valence-corrected chi connectivity index (χ1v) is 6.24. The Labute approximate surface area is 108 Å². The average Bonchev–Trinajstić information content (AvgIpc) is 2.38. The molecule has 1 N–H and O–H groups in total. The maximum atomic E-state index is 11.7. The van der Waals surface area contributed by atoms with Gasteiger partial charge in [0.2, 0.25) is 5.91 Å². The van der Waals surface area contributed by atoms with Crippen LogP contribution in [0.2, 0.25) is 0 Å². The van der Waals surface area contributed by atoms with Gasteiger partial charge in [-0.15, -0.1) is 0 Å². The Kier molecular flexibility index (Phi) is 5.91. The third-order valence-corrected chi connectivity index (χ3v) is 2.64. The van der Waals surface area contributed by atoms with Gasteiger partial charge in [-0.1, -0.05) is 25.1 Å². The van der Waals surface area contributed by atoms with Crippen molar-refractivity contribution < 1.29 is 9.59 Å². The average molecular weight is 248 g/mol. The second-order valence-corrected chi connectivity index (χ2v) is 4.13. The molecule has 0 unspecified atom stereocenters. The van der Waals surface area contributed by atoms with Gasteiger partial charge in [-0.05, 0) is 18.6 Å². The first kappa shape index (κ1) is 14.2. The summed E-state index contributed by atoms with van der Waals surface area (Å²) in [6.45, 7) is 5.35. The quantitative estimate of drug-likeness (QED) is 0.832. The zero-order valence-electron chi connectivity index (χ0n) is 11.0. The van der Waals surface area contributed by atoms with E-state index in [1.165, 1.54) is 0 Å². The molecule has 4 heteroatoms. The molecular formula is C14H20N2O2. The number of rotatable bonds is 6. The van der Waals surface area contributed by atoms with E-state index in [1.807, 2.05) is 25.1 Å². The molecule has 0 aliphatic heterocycles. The fourth-order valence-corrected chi connectivity index (χ4v) is 1.69. The van der Waals surface area contributed by atoms with E-state index in [1.54, 1.807) is 24.0 Å². The SMILES string of the molecule is CCCN(CCNC(=O)c1ccccc1)C(C)=O. The molecule has 0 heterocycles. The van der Waals surface area contributed by atoms with Gasteiger partial charge in [0.1, 0.15) is 0 Å². The van der Waals surface area contributed by atoms with Crippen molar-refractivity contribution in [3.8, 4) is 0 Å². The zero-order valence-corrected chi connectivity index (χ0v) is 11.0. The van der Waals surface area contributed by atoms with Gasteiger partial charge < -0.3 is 10.2 Å². The van der Waals surface area contributed by atoms with Crippen LogP contribution in [-0.4, -0.2) is 36.3 Å². The summed E-state index contributed by atoms with van der Waals surface area (Å²) in [5.41, 5.74) is 0.641. The molecule has 0 saturated carbocycles. The number of hydrogen-bond acceptors (Lipinski definition) is 2. The monoisotopic (exact) mass is 248 g/mol. The fourth-order valence-electron chi connectivity index (χ4n) is 1.69. The number of amides is 2. The predicted octanol–water partition coefficient (Wildman–Crippen LogP) is 1.67. The summed E-state index contributed by atoms with van der Waals surface area (Å²) in [7, 11) is 0. The minimum Gasteiger partial charge on any atom is -0.350 e. The molecule has 0 spiro atoms. The van der Waals surface area contributed by atoms with E-state index in [4.69, 9.17) is 0 Å². The number of carbonyl (C=O) groups excluding carboxylic acids is 2. The van der Waals surface area contributed by atoms with E-state index in [-0.39, 0.29) is 11.8 Å². The van der Waals surface area contributed by atoms with Gasteiger partial charge in [0.05, 0.1) is 0 Å². The Hall–Kier alpha value is -1.84. The summed E-state index contributed by atoms with van der Waals surface area (Å²) < 4.78 is 0. The van der Waals surface area contributed by atoms with Crippen molar-refractivity contribution in [2.45, 2.75) is 20.3 Å². The van der Waals surface area contributed by atoms with Crippen molar-refractivity contribution in [1.29, 1.82) is 0 Å². The highest BCUT2D eigenvalue weighted by Gasteiger charge is 2.08. The molecule has 1 aromatic carbocycles. The van der Waals surface area contributed by atoms with Crippen LogP contribution >= 0.6 is 0 Å². The highest BCUT2D eigenvalue weighted by molar-refractivity contribution is 5.94. The van der Waals surface area contributed by atoms with Crippen LogP contribution in [0.5, 0.6) is 0 Å². The van der Waals surface area contributed by atoms with E-state index in [9.17, 15) is 9.59 Å². The van der Waals surface area contributed by atoms with Crippen molar-refractivity contribution >= 4 is 11.8 Å². The van der Waals surface area contributed by atoms with Gasteiger partial charge >= 0.3 is 0 Å². The molecule has 1 rings (SSSR count). The van der Waals surface area contributed by atoms with Crippen molar-refractivity contribution in [3.05, 3.63) is 35.9 Å². The van der Waals surface area contributed by atoms with E-state index in [0.29, 0.717) is 18.7 Å². The summed E-state index contributed by atoms with van der Waals surface area (Å²) in [6.07, 6.45) is 0.923. The summed E-state index contributed by atoms with van der Waals surface area (Å²) >= 11 is 0. The van der Waals surface area contributed by atoms with Gasteiger partial charge in [-0.3, -0.25) is 9.59 Å². The molecule has 98 valence electrons. The Morgan fingerprint density at radius 1 is 1.17 bits per heavy atom. The van der Waals surface area contributed by atoms with Crippen molar-refractivity contribution in [2.24, 2.45) is 0 Å². The van der Waals surface area contributed by atoms with Gasteiger partial charge in [-0.2, -0.15) is 0 Å². The first-order valence-electron chi connectivity index (χ1n) is 6.24. The molecule has 2 amide bonds. The Morgan fingerprint density at radius 3 is 2.39 bits per heavy atom. The smallest absolute Gasteiger partial charge is 0.251 e. The molecule has 0 aromatic heterocycles. The van der Waals surface area contributed by atoms with Crippen LogP contribution in [0.1, 0.15) is 30.6 Å². The van der Waals surface area contributed by atoms with Crippen molar-refractivity contribution in [3.63, 3.8) is 0 Å². The highest BCUT2D eigenvalue weighted by Crippen LogP contribution is 1.98. The molecule has 18 heavy (non-hydrogen) atoms. The summed E-state index contributed by atoms with van der Waals surface area (Å²) in [5.74, 6) is -0.0542. The molecule has 4 nitrogen and oxygen atoms in total. The Morgan fingerprint density at radius 2 is 1.83 bits per heavy atom. The topological polar surface area (TPSA) is 49.4 Å². The number of benzene rings is 1. The number of hydrogen-bond donors (Lipinski definition) is 1. The molecule has 0 saturated heterocycles. The largest absolute Gasteiger partial charge is 0.350 e. The lowest BCUT2D eigenvalue weighted by atomic mass is 10.2. The molecule has 0 bridgehead atoms. The predicted molar refractivity (Wildman–Crippen MR) is 71.3 cm³/mol. The van der Waals surface area contributed by atoms with E-state index < -0.39 is 0 Å². The highest BCUT2D eigenvalue weighted by atomic mass is 16.2. The first-order chi connectivity index (χ1) is 8.65. The molecule has 0 aliphatic carbocycles. The van der Waals surface area contributed by atoms with E-state index in [0.717, 1.165) is 13.0 Å². The van der Waals surface area contributed by atoms with Gasteiger partial charge in [0, 0.05) is 32.1 Å². The Bertz CT molecular complexity index is 390. The lowest BCUT2D eigenvalue weighted by Gasteiger charge is -2.20. The minimum atomic E-state index is -0.101. The summed E-state index contributed by atoms with van der Waals surface area (Å²) in [6, 6.07) is 9.06. The summed E-state index contributed by atoms with van der Waals surface area (Å²) in [5, 5.41) is 2.81. The van der Waals surface area contributed by atoms with Crippen molar-refractivity contribution in [2.75, 3.05) is 19.6 Å². The van der Waals surface area contributed by atoms with Crippen LogP contribution in [0.3, 0.4) is 0 Å². The lowest BCUT2D eigenvalue weighted by Crippen LogP contribution is -2.37. The van der Waals surface area contributed by atoms with E-state index >= 15 is 0 Å². The lowest BCUT2D eigenvalue weighted by molar-refractivity contribution is -0.128. The molecular weight excluding hydrogens is 228 g/mol. The van der Waals surface area contributed by atoms with Crippen LogP contribution in [0.15, 0.2) is 30.3 Å².